The fraction of sp³-hybridized carbons (Fsp3) is 0.333. The van der Waals surface area contributed by atoms with Gasteiger partial charge in [0.15, 0.2) is 16.7 Å². The normalized spacial score (nSPS) is 10.5. The van der Waals surface area contributed by atoms with Gasteiger partial charge in [-0.1, -0.05) is 0 Å². The highest BCUT2D eigenvalue weighted by atomic mass is 32.1. The average molecular weight is 310 g/mol. The summed E-state index contributed by atoms with van der Waals surface area (Å²) in [6, 6.07) is 7.08. The van der Waals surface area contributed by atoms with Crippen LogP contribution in [0.4, 0.5) is 13.2 Å². The van der Waals surface area contributed by atoms with Gasteiger partial charge in [0.1, 0.15) is 0 Å². The van der Waals surface area contributed by atoms with Crippen molar-refractivity contribution < 1.29 is 22.6 Å². The van der Waals surface area contributed by atoms with E-state index in [4.69, 9.17) is 4.74 Å². The number of halogens is 3. The van der Waals surface area contributed by atoms with Gasteiger partial charge in [-0.2, -0.15) is 13.2 Å². The molecule has 19 heavy (non-hydrogen) atoms. The lowest BCUT2D eigenvalue weighted by Crippen LogP contribution is -2.18. The first-order chi connectivity index (χ1) is 9.01. The monoisotopic (exact) mass is 310 g/mol. The zero-order valence-corrected chi connectivity index (χ0v) is 11.8. The van der Waals surface area contributed by atoms with Crippen LogP contribution in [0.1, 0.15) is 6.92 Å². The van der Waals surface area contributed by atoms with Crippen LogP contribution in [0.25, 0.3) is 0 Å². The van der Waals surface area contributed by atoms with Crippen molar-refractivity contribution in [2.45, 2.75) is 13.1 Å². The molecular formula is C12H13F3O2S2. The minimum absolute atomic E-state index is 0.294. The fourth-order valence-corrected chi connectivity index (χ4v) is 2.20. The third kappa shape index (κ3) is 7.74. The average Bonchev–Trinajstić information content (AvgIpc) is 2.99. The molecule has 2 nitrogen and oxygen atoms in total. The topological polar surface area (TPSA) is 18.5 Å². The second kappa shape index (κ2) is 8.06. The molecule has 0 N–H and O–H groups in total. The Morgan fingerprint density at radius 3 is 1.89 bits per heavy atom. The molecule has 0 aliphatic rings. The highest BCUT2D eigenvalue weighted by molar-refractivity contribution is 7.12. The van der Waals surface area contributed by atoms with E-state index < -0.39 is 12.8 Å². The molecule has 2 rings (SSSR count). The molecular weight excluding hydrogens is 297 g/mol. The van der Waals surface area contributed by atoms with E-state index in [2.05, 4.69) is 4.74 Å². The summed E-state index contributed by atoms with van der Waals surface area (Å²) in [5, 5.41) is 4.96. The molecule has 106 valence electrons. The molecule has 0 amide bonds. The van der Waals surface area contributed by atoms with Crippen molar-refractivity contribution in [2.75, 3.05) is 13.2 Å². The van der Waals surface area contributed by atoms with Gasteiger partial charge in [0.25, 0.3) is 0 Å². The molecule has 0 atom stereocenters. The summed E-state index contributed by atoms with van der Waals surface area (Å²) in [4.78, 5) is 0. The number of alkyl halides is 3. The molecule has 0 aliphatic heterocycles. The van der Waals surface area contributed by atoms with E-state index in [9.17, 15) is 13.2 Å². The van der Waals surface area contributed by atoms with Gasteiger partial charge < -0.3 is 9.47 Å². The first-order valence-corrected chi connectivity index (χ1v) is 7.16. The van der Waals surface area contributed by atoms with Crippen LogP contribution in [0.15, 0.2) is 35.0 Å². The third-order valence-electron chi connectivity index (χ3n) is 1.65. The Kier molecular flexibility index (Phi) is 6.72. The summed E-state index contributed by atoms with van der Waals surface area (Å²) >= 11 is 2.77. The maximum atomic E-state index is 11.5. The summed E-state index contributed by atoms with van der Waals surface area (Å²) in [6.07, 6.45) is -4.25. The summed E-state index contributed by atoms with van der Waals surface area (Å²) in [5.74, 6) is 0. The Morgan fingerprint density at radius 1 is 1.00 bits per heavy atom. The Hall–Kier alpha value is -1.21. The van der Waals surface area contributed by atoms with Gasteiger partial charge in [-0.05, 0) is 41.9 Å². The van der Waals surface area contributed by atoms with Crippen LogP contribution in [0.5, 0.6) is 10.1 Å². The van der Waals surface area contributed by atoms with Gasteiger partial charge in [0.05, 0.1) is 6.61 Å². The van der Waals surface area contributed by atoms with Gasteiger partial charge in [-0.15, -0.1) is 22.7 Å². The number of rotatable bonds is 4. The Morgan fingerprint density at radius 2 is 1.53 bits per heavy atom. The second-order valence-corrected chi connectivity index (χ2v) is 5.02. The molecule has 2 aromatic heterocycles. The minimum Gasteiger partial charge on any atom is -0.484 e. The van der Waals surface area contributed by atoms with Crippen molar-refractivity contribution in [1.29, 1.82) is 0 Å². The van der Waals surface area contributed by atoms with E-state index in [0.29, 0.717) is 5.06 Å². The zero-order valence-electron chi connectivity index (χ0n) is 10.1. The standard InChI is InChI=1S/C6H5F3OS.C6H8OS/c7-6(8,9)4-10-5-2-1-3-11-5;1-2-7-6-4-3-5-8-6/h1-3H,4H2;3-5H,2H2,1H3. The van der Waals surface area contributed by atoms with Gasteiger partial charge >= 0.3 is 6.18 Å². The summed E-state index contributed by atoms with van der Waals surface area (Å²) < 4.78 is 44.1. The van der Waals surface area contributed by atoms with Crippen LogP contribution in [-0.4, -0.2) is 19.4 Å². The molecule has 2 heterocycles. The van der Waals surface area contributed by atoms with Crippen molar-refractivity contribution in [3.63, 3.8) is 0 Å². The summed E-state index contributed by atoms with van der Waals surface area (Å²) in [7, 11) is 0. The maximum Gasteiger partial charge on any atom is 0.422 e. The van der Waals surface area contributed by atoms with Crippen molar-refractivity contribution in [2.24, 2.45) is 0 Å². The van der Waals surface area contributed by atoms with Crippen LogP contribution >= 0.6 is 22.7 Å². The van der Waals surface area contributed by atoms with Crippen LogP contribution in [0.3, 0.4) is 0 Å². The van der Waals surface area contributed by atoms with Crippen LogP contribution in [0.2, 0.25) is 0 Å². The Balaban J connectivity index is 0.000000200. The highest BCUT2D eigenvalue weighted by Crippen LogP contribution is 2.22. The van der Waals surface area contributed by atoms with E-state index in [-0.39, 0.29) is 0 Å². The maximum absolute atomic E-state index is 11.5. The lowest BCUT2D eigenvalue weighted by atomic mass is 10.6. The lowest BCUT2D eigenvalue weighted by molar-refractivity contribution is -0.152. The molecule has 0 aliphatic carbocycles. The second-order valence-electron chi connectivity index (χ2n) is 3.20. The highest BCUT2D eigenvalue weighted by Gasteiger charge is 2.28. The molecule has 0 aromatic carbocycles. The Labute approximate surface area is 117 Å². The quantitative estimate of drug-likeness (QED) is 0.805. The number of ether oxygens (including phenoxy) is 2. The molecule has 0 saturated carbocycles. The molecule has 0 saturated heterocycles. The smallest absolute Gasteiger partial charge is 0.422 e. The van der Waals surface area contributed by atoms with Crippen molar-refractivity contribution in [3.8, 4) is 10.1 Å². The predicted molar refractivity (Wildman–Crippen MR) is 71.4 cm³/mol. The van der Waals surface area contributed by atoms with Crippen molar-refractivity contribution in [1.82, 2.24) is 0 Å². The van der Waals surface area contributed by atoms with Crippen LogP contribution < -0.4 is 9.47 Å². The van der Waals surface area contributed by atoms with Crippen molar-refractivity contribution in [3.05, 3.63) is 35.0 Å². The van der Waals surface area contributed by atoms with E-state index in [0.717, 1.165) is 23.0 Å². The molecule has 2 aromatic rings. The fourth-order valence-electron chi connectivity index (χ4n) is 0.986. The molecule has 7 heteroatoms. The first kappa shape index (κ1) is 15.8. The van der Waals surface area contributed by atoms with E-state index in [1.165, 1.54) is 6.07 Å². The van der Waals surface area contributed by atoms with Gasteiger partial charge in [-0.25, -0.2) is 0 Å². The summed E-state index contributed by atoms with van der Waals surface area (Å²) in [6.45, 7) is 1.54. The largest absolute Gasteiger partial charge is 0.484 e. The molecule has 0 fully saturated rings. The molecule has 0 bridgehead atoms. The van der Waals surface area contributed by atoms with Crippen LogP contribution in [-0.2, 0) is 0 Å². The summed E-state index contributed by atoms with van der Waals surface area (Å²) in [5.41, 5.74) is 0. The number of hydrogen-bond acceptors (Lipinski definition) is 4. The number of thiophene rings is 2. The van der Waals surface area contributed by atoms with Gasteiger partial charge in [0, 0.05) is 0 Å². The van der Waals surface area contributed by atoms with E-state index >= 15 is 0 Å². The van der Waals surface area contributed by atoms with E-state index in [1.54, 1.807) is 22.8 Å². The number of hydrogen-bond donors (Lipinski definition) is 0. The predicted octanol–water partition coefficient (Wildman–Crippen LogP) is 4.84. The molecule has 0 spiro atoms. The zero-order chi connectivity index (χ0) is 14.1. The third-order valence-corrected chi connectivity index (χ3v) is 3.21. The van der Waals surface area contributed by atoms with Crippen LogP contribution in [0, 0.1) is 0 Å². The molecule has 0 unspecified atom stereocenters. The lowest BCUT2D eigenvalue weighted by Gasteiger charge is -2.05. The van der Waals surface area contributed by atoms with E-state index in [1.807, 2.05) is 24.4 Å². The van der Waals surface area contributed by atoms with Crippen molar-refractivity contribution >= 4 is 22.7 Å². The molecule has 0 radical (unpaired) electrons. The minimum atomic E-state index is -4.25. The SMILES string of the molecule is CCOc1cccs1.FC(F)(F)COc1cccs1. The van der Waals surface area contributed by atoms with Gasteiger partial charge in [-0.3, -0.25) is 0 Å². The Bertz CT molecular complexity index is 424. The first-order valence-electron chi connectivity index (χ1n) is 5.40. The van der Waals surface area contributed by atoms with Gasteiger partial charge in [0.2, 0.25) is 0 Å².